The molecule has 0 aliphatic heterocycles. The fourth-order valence-electron chi connectivity index (χ4n) is 3.20. The van der Waals surface area contributed by atoms with Crippen molar-refractivity contribution in [2.24, 2.45) is 4.99 Å². The summed E-state index contributed by atoms with van der Waals surface area (Å²) < 4.78 is 28.8. The summed E-state index contributed by atoms with van der Waals surface area (Å²) in [6.45, 7) is 1.19. The Hall–Kier alpha value is -3.21. The van der Waals surface area contributed by atoms with Gasteiger partial charge in [-0.15, -0.1) is 0 Å². The zero-order valence-electron chi connectivity index (χ0n) is 16.5. The Morgan fingerprint density at radius 3 is 2.52 bits per heavy atom. The topological polar surface area (TPSA) is 69.3 Å². The van der Waals surface area contributed by atoms with Crippen molar-refractivity contribution in [3.8, 4) is 17.3 Å². The Balaban J connectivity index is 0.00000166. The van der Waals surface area contributed by atoms with Crippen molar-refractivity contribution in [1.29, 1.82) is 5.26 Å². The third-order valence-corrected chi connectivity index (χ3v) is 4.71. The Kier molecular flexibility index (Phi) is 9.19. The van der Waals surface area contributed by atoms with E-state index in [-0.39, 0.29) is 0 Å². The van der Waals surface area contributed by atoms with Gasteiger partial charge in [-0.3, -0.25) is 9.98 Å². The largest absolute Gasteiger partial charge is 0.386 e. The second kappa shape index (κ2) is 11.8. The first-order valence-electron chi connectivity index (χ1n) is 9.16. The number of hydrogen-bond donors (Lipinski definition) is 1. The van der Waals surface area contributed by atoms with Crippen LogP contribution in [0.5, 0.6) is 0 Å². The third kappa shape index (κ3) is 6.14. The molecule has 0 amide bonds. The molecule has 0 bridgehead atoms. The molecule has 2 aromatic carbocycles. The van der Waals surface area contributed by atoms with E-state index in [0.29, 0.717) is 27.4 Å². The maximum atomic E-state index is 12.8. The number of aliphatic imine (C=N–C) groups is 1. The van der Waals surface area contributed by atoms with Crippen molar-refractivity contribution >= 4 is 17.8 Å². The highest BCUT2D eigenvalue weighted by atomic mass is 35.5. The van der Waals surface area contributed by atoms with Crippen LogP contribution in [0.4, 0.5) is 13.5 Å². The molecule has 31 heavy (non-hydrogen) atoms. The van der Waals surface area contributed by atoms with Gasteiger partial charge in [-0.1, -0.05) is 29.8 Å². The fourth-order valence-corrected chi connectivity index (χ4v) is 3.49. The van der Waals surface area contributed by atoms with Crippen LogP contribution in [0, 0.1) is 18.3 Å². The quantitative estimate of drug-likeness (QED) is 0.457. The van der Waals surface area contributed by atoms with Crippen LogP contribution in [-0.4, -0.2) is 23.0 Å². The highest BCUT2D eigenvalue weighted by Crippen LogP contribution is 2.37. The molecule has 160 valence electrons. The van der Waals surface area contributed by atoms with Gasteiger partial charge in [0.15, 0.2) is 0 Å². The molecule has 0 spiro atoms. The Morgan fingerprint density at radius 1 is 1.19 bits per heavy atom. The number of aromatic nitrogens is 1. The van der Waals surface area contributed by atoms with Crippen LogP contribution in [0.1, 0.15) is 34.4 Å². The first-order chi connectivity index (χ1) is 15.0. The number of nitriles is 1. The van der Waals surface area contributed by atoms with E-state index in [1.165, 1.54) is 0 Å². The first kappa shape index (κ1) is 24.1. The van der Waals surface area contributed by atoms with Gasteiger partial charge in [-0.05, 0) is 54.4 Å². The maximum Gasteiger partial charge on any atom is 0.124 e. The molecule has 0 aliphatic carbocycles. The predicted molar refractivity (Wildman–Crippen MR) is 115 cm³/mol. The highest BCUT2D eigenvalue weighted by Gasteiger charge is 2.25. The molecule has 0 saturated heterocycles. The van der Waals surface area contributed by atoms with Crippen molar-refractivity contribution in [2.75, 3.05) is 6.67 Å². The summed E-state index contributed by atoms with van der Waals surface area (Å²) in [7, 11) is 0. The van der Waals surface area contributed by atoms with E-state index in [4.69, 9.17) is 26.0 Å². The van der Waals surface area contributed by atoms with Gasteiger partial charge in [-0.2, -0.15) is 5.26 Å². The molecule has 0 radical (unpaired) electrons. The molecule has 0 aliphatic rings. The van der Waals surface area contributed by atoms with Crippen LogP contribution in [0.2, 0.25) is 5.02 Å². The number of alkyl halides is 1. The summed E-state index contributed by atoms with van der Waals surface area (Å²) in [4.78, 5) is 8.68. The van der Waals surface area contributed by atoms with Crippen LogP contribution in [0.15, 0.2) is 65.8 Å². The lowest BCUT2D eigenvalue weighted by Crippen LogP contribution is -2.12. The molecule has 1 heterocycles. The van der Waals surface area contributed by atoms with Crippen molar-refractivity contribution in [3.05, 3.63) is 88.1 Å². The summed E-state index contributed by atoms with van der Waals surface area (Å²) in [5.41, 5.74) is 4.04. The molecule has 3 rings (SSSR count). The molecule has 2 atom stereocenters. The van der Waals surface area contributed by atoms with Gasteiger partial charge in [0, 0.05) is 37.7 Å². The van der Waals surface area contributed by atoms with Gasteiger partial charge < -0.3 is 5.11 Å². The second-order valence-electron chi connectivity index (χ2n) is 6.57. The minimum atomic E-state index is -1.08. The van der Waals surface area contributed by atoms with E-state index in [2.05, 4.69) is 16.0 Å². The lowest BCUT2D eigenvalue weighted by atomic mass is 9.92. The monoisotopic (exact) mass is 445 g/mol. The van der Waals surface area contributed by atoms with Gasteiger partial charge in [0.05, 0.1) is 17.3 Å². The minimum Gasteiger partial charge on any atom is -0.386 e. The second-order valence-corrected chi connectivity index (χ2v) is 7.00. The smallest absolute Gasteiger partial charge is 0.124 e. The standard InChI is InChI=1S/C23H19ClFN3O.F2/c1-15-11-18(13-19(24)12-15)21-20(3-2-9-27-21)23(29)22(28-10-8-25)17-6-4-16(14-26)5-7-17;1-2/h2-7,9-13,22-23,29H,8H2,1H3;/t22-,23+;/m0./s1. The van der Waals surface area contributed by atoms with Crippen molar-refractivity contribution in [1.82, 2.24) is 4.98 Å². The number of rotatable bonds is 6. The molecular formula is C23H19ClF3N3O. The molecule has 3 aromatic rings. The fraction of sp³-hybridized carbons (Fsp3) is 0.174. The van der Waals surface area contributed by atoms with Crippen LogP contribution in [0.25, 0.3) is 11.3 Å². The number of aryl methyl sites for hydroxylation is 1. The van der Waals surface area contributed by atoms with Crippen LogP contribution in [-0.2, 0) is 0 Å². The molecule has 0 fully saturated rings. The van der Waals surface area contributed by atoms with E-state index in [0.717, 1.165) is 17.3 Å². The molecule has 1 N–H and O–H groups in total. The summed E-state index contributed by atoms with van der Waals surface area (Å²) in [6.07, 6.45) is 1.70. The molecule has 0 unspecified atom stereocenters. The summed E-state index contributed by atoms with van der Waals surface area (Å²) in [5, 5.41) is 20.8. The predicted octanol–water partition coefficient (Wildman–Crippen LogP) is 6.24. The van der Waals surface area contributed by atoms with Gasteiger partial charge >= 0.3 is 0 Å². The maximum absolute atomic E-state index is 12.8. The summed E-state index contributed by atoms with van der Waals surface area (Å²) >= 11 is 6.21. The Morgan fingerprint density at radius 2 is 1.90 bits per heavy atom. The Labute approximate surface area is 183 Å². The van der Waals surface area contributed by atoms with Crippen LogP contribution < -0.4 is 0 Å². The minimum absolute atomic E-state index is 0.493. The van der Waals surface area contributed by atoms with Gasteiger partial charge in [-0.25, -0.2) is 4.39 Å². The van der Waals surface area contributed by atoms with Crippen LogP contribution in [0.3, 0.4) is 0 Å². The van der Waals surface area contributed by atoms with Crippen LogP contribution >= 0.6 is 11.6 Å². The summed E-state index contributed by atoms with van der Waals surface area (Å²) in [6, 6.07) is 17.1. The van der Waals surface area contributed by atoms with Gasteiger partial charge in [0.1, 0.15) is 18.8 Å². The third-order valence-electron chi connectivity index (χ3n) is 4.49. The van der Waals surface area contributed by atoms with E-state index in [1.807, 2.05) is 19.1 Å². The van der Waals surface area contributed by atoms with Crippen molar-refractivity contribution in [3.63, 3.8) is 0 Å². The summed E-state index contributed by atoms with van der Waals surface area (Å²) in [5.74, 6) is 0. The van der Waals surface area contributed by atoms with Gasteiger partial charge in [0.2, 0.25) is 0 Å². The number of pyridine rings is 1. The Bertz CT molecular complexity index is 1050. The van der Waals surface area contributed by atoms with Gasteiger partial charge in [0.25, 0.3) is 0 Å². The zero-order chi connectivity index (χ0) is 22.8. The van der Waals surface area contributed by atoms with E-state index < -0.39 is 18.8 Å². The molecule has 4 nitrogen and oxygen atoms in total. The van der Waals surface area contributed by atoms with E-state index >= 15 is 0 Å². The number of hydrogen-bond acceptors (Lipinski definition) is 4. The number of benzene rings is 2. The van der Waals surface area contributed by atoms with E-state index in [1.54, 1.807) is 48.7 Å². The highest BCUT2D eigenvalue weighted by molar-refractivity contribution is 6.30. The van der Waals surface area contributed by atoms with Crippen molar-refractivity contribution in [2.45, 2.75) is 19.1 Å². The number of aliphatic hydroxyl groups is 1. The number of aliphatic hydroxyl groups excluding tert-OH is 1. The average molecular weight is 446 g/mol. The first-order valence-corrected chi connectivity index (χ1v) is 9.53. The normalized spacial score (nSPS) is 12.5. The SMILES string of the molecule is Cc1cc(Cl)cc(-c2ncccc2[C@@H](O)[C@@H](N=CCF)c2ccc(C#N)cc2)c1.FF. The zero-order valence-corrected chi connectivity index (χ0v) is 17.3. The molecular weight excluding hydrogens is 427 g/mol. The molecule has 1 aromatic heterocycles. The number of halogens is 4. The average Bonchev–Trinajstić information content (AvgIpc) is 2.80. The lowest BCUT2D eigenvalue weighted by Gasteiger charge is -2.22. The molecule has 0 saturated carbocycles. The van der Waals surface area contributed by atoms with E-state index in [9.17, 15) is 9.50 Å². The molecule has 8 heteroatoms. The number of nitrogens with zero attached hydrogens (tertiary/aromatic N) is 3. The lowest BCUT2D eigenvalue weighted by molar-refractivity contribution is 0.108. The van der Waals surface area contributed by atoms with Crippen molar-refractivity contribution < 1.29 is 18.6 Å².